The van der Waals surface area contributed by atoms with E-state index in [2.05, 4.69) is 26.1 Å². The average molecular weight is 251 g/mol. The fourth-order valence-corrected chi connectivity index (χ4v) is 2.69. The van der Waals surface area contributed by atoms with Gasteiger partial charge in [-0.05, 0) is 37.1 Å². The molecule has 0 spiro atoms. The van der Waals surface area contributed by atoms with Crippen molar-refractivity contribution in [1.29, 1.82) is 0 Å². The first-order chi connectivity index (χ1) is 7.62. The van der Waals surface area contributed by atoms with Gasteiger partial charge in [0.25, 0.3) is 0 Å². The molecule has 4 heteroatoms. The third-order valence-corrected chi connectivity index (χ3v) is 4.05. The fraction of sp³-hybridized carbons (Fsp3) is 1.00. The van der Waals surface area contributed by atoms with Crippen molar-refractivity contribution in [3.8, 4) is 0 Å². The van der Waals surface area contributed by atoms with Crippen LogP contribution in [0.25, 0.3) is 0 Å². The molecule has 1 nitrogen and oxygen atoms in total. The zero-order valence-electron chi connectivity index (χ0n) is 11.2. The molecule has 1 saturated heterocycles. The molecule has 1 heterocycles. The van der Waals surface area contributed by atoms with Gasteiger partial charge >= 0.3 is 6.18 Å². The van der Waals surface area contributed by atoms with E-state index in [1.54, 1.807) is 0 Å². The lowest BCUT2D eigenvalue weighted by atomic mass is 9.71. The molecule has 0 aromatic carbocycles. The molecule has 102 valence electrons. The maximum absolute atomic E-state index is 13.1. The predicted molar refractivity (Wildman–Crippen MR) is 63.9 cm³/mol. The smallest absolute Gasteiger partial charge is 0.303 e. The Morgan fingerprint density at radius 3 is 2.12 bits per heavy atom. The van der Waals surface area contributed by atoms with E-state index >= 15 is 0 Å². The molecular formula is C13H24F3N. The highest BCUT2D eigenvalue weighted by Crippen LogP contribution is 2.43. The number of halogens is 3. The monoisotopic (exact) mass is 251 g/mol. The predicted octanol–water partition coefficient (Wildman–Crippen LogP) is 4.13. The quantitative estimate of drug-likeness (QED) is 0.778. The average Bonchev–Trinajstić information content (AvgIpc) is 2.15. The molecule has 0 saturated carbocycles. The fourth-order valence-electron chi connectivity index (χ4n) is 2.69. The number of alkyl halides is 3. The minimum absolute atomic E-state index is 0.0803. The Labute approximate surface area is 102 Å². The number of hydrogen-bond acceptors (Lipinski definition) is 1. The van der Waals surface area contributed by atoms with Crippen LogP contribution < -0.4 is 5.32 Å². The first-order valence-electron chi connectivity index (χ1n) is 6.44. The van der Waals surface area contributed by atoms with E-state index in [1.165, 1.54) is 0 Å². The lowest BCUT2D eigenvalue weighted by Gasteiger charge is -2.45. The summed E-state index contributed by atoms with van der Waals surface area (Å²) < 4.78 is 39.4. The van der Waals surface area contributed by atoms with Crippen molar-refractivity contribution < 1.29 is 13.2 Å². The summed E-state index contributed by atoms with van der Waals surface area (Å²) in [5, 5.41) is 2.81. The van der Waals surface area contributed by atoms with Crippen LogP contribution in [0.4, 0.5) is 13.2 Å². The molecule has 17 heavy (non-hydrogen) atoms. The lowest BCUT2D eigenvalue weighted by molar-refractivity contribution is -0.209. The van der Waals surface area contributed by atoms with E-state index in [4.69, 9.17) is 0 Å². The molecule has 1 N–H and O–H groups in total. The number of piperidine rings is 1. The van der Waals surface area contributed by atoms with Crippen LogP contribution >= 0.6 is 0 Å². The second-order valence-corrected chi connectivity index (χ2v) is 6.31. The molecule has 0 bridgehead atoms. The highest BCUT2D eigenvalue weighted by Gasteiger charge is 2.55. The van der Waals surface area contributed by atoms with Crippen LogP contribution in [0.2, 0.25) is 0 Å². The molecule has 2 atom stereocenters. The summed E-state index contributed by atoms with van der Waals surface area (Å²) in [5.41, 5.74) is -1.56. The molecule has 0 aromatic rings. The van der Waals surface area contributed by atoms with E-state index in [9.17, 15) is 13.2 Å². The van der Waals surface area contributed by atoms with Crippen molar-refractivity contribution in [2.45, 2.75) is 65.1 Å². The van der Waals surface area contributed by atoms with E-state index in [0.29, 0.717) is 25.3 Å². The van der Waals surface area contributed by atoms with Crippen molar-refractivity contribution in [3.63, 3.8) is 0 Å². The Kier molecular flexibility index (Phi) is 4.17. The Bertz CT molecular complexity index is 244. The summed E-state index contributed by atoms with van der Waals surface area (Å²) in [6.45, 7) is 8.58. The summed E-state index contributed by atoms with van der Waals surface area (Å²) in [4.78, 5) is 0. The van der Waals surface area contributed by atoms with Crippen molar-refractivity contribution in [3.05, 3.63) is 0 Å². The normalized spacial score (nSPS) is 31.6. The van der Waals surface area contributed by atoms with Gasteiger partial charge in [0.15, 0.2) is 0 Å². The molecule has 1 fully saturated rings. The van der Waals surface area contributed by atoms with E-state index in [-0.39, 0.29) is 18.3 Å². The van der Waals surface area contributed by atoms with Gasteiger partial charge in [-0.15, -0.1) is 0 Å². The van der Waals surface area contributed by atoms with E-state index in [0.717, 1.165) is 0 Å². The first kappa shape index (κ1) is 14.8. The topological polar surface area (TPSA) is 12.0 Å². The highest BCUT2D eigenvalue weighted by molar-refractivity contribution is 5.00. The molecule has 0 aliphatic carbocycles. The molecular weight excluding hydrogens is 227 g/mol. The van der Waals surface area contributed by atoms with Gasteiger partial charge in [0.2, 0.25) is 0 Å². The Morgan fingerprint density at radius 1 is 1.24 bits per heavy atom. The molecule has 1 aliphatic rings. The van der Waals surface area contributed by atoms with Crippen LogP contribution in [-0.2, 0) is 0 Å². The van der Waals surface area contributed by atoms with Gasteiger partial charge in [0.05, 0.1) is 0 Å². The van der Waals surface area contributed by atoms with Crippen LogP contribution in [0.3, 0.4) is 0 Å². The van der Waals surface area contributed by atoms with Crippen LogP contribution in [0.1, 0.15) is 53.4 Å². The van der Waals surface area contributed by atoms with Gasteiger partial charge in [-0.3, -0.25) is 0 Å². The summed E-state index contributed by atoms with van der Waals surface area (Å²) in [7, 11) is 0. The van der Waals surface area contributed by atoms with Gasteiger partial charge in [0.1, 0.15) is 5.54 Å². The zero-order valence-corrected chi connectivity index (χ0v) is 11.2. The summed E-state index contributed by atoms with van der Waals surface area (Å²) in [6.07, 6.45) is -2.51. The molecule has 0 radical (unpaired) electrons. The highest BCUT2D eigenvalue weighted by atomic mass is 19.4. The van der Waals surface area contributed by atoms with Crippen LogP contribution in [-0.4, -0.2) is 18.3 Å². The molecule has 0 amide bonds. The number of rotatable bonds is 2. The second-order valence-electron chi connectivity index (χ2n) is 6.31. The molecule has 1 rings (SSSR count). The number of nitrogens with one attached hydrogen (secondary N) is 1. The molecule has 0 aromatic heterocycles. The van der Waals surface area contributed by atoms with Gasteiger partial charge < -0.3 is 5.32 Å². The summed E-state index contributed by atoms with van der Waals surface area (Å²) >= 11 is 0. The van der Waals surface area contributed by atoms with Gasteiger partial charge in [-0.25, -0.2) is 0 Å². The Balaban J connectivity index is 2.75. The van der Waals surface area contributed by atoms with Crippen molar-refractivity contribution >= 4 is 0 Å². The van der Waals surface area contributed by atoms with Crippen LogP contribution in [0, 0.1) is 11.3 Å². The third-order valence-electron chi connectivity index (χ3n) is 4.05. The van der Waals surface area contributed by atoms with E-state index < -0.39 is 11.7 Å². The van der Waals surface area contributed by atoms with Gasteiger partial charge in [0, 0.05) is 0 Å². The van der Waals surface area contributed by atoms with Crippen molar-refractivity contribution in [2.75, 3.05) is 6.54 Å². The maximum atomic E-state index is 13.1. The van der Waals surface area contributed by atoms with Gasteiger partial charge in [-0.1, -0.05) is 34.1 Å². The largest absolute Gasteiger partial charge is 0.406 e. The minimum atomic E-state index is -4.13. The third kappa shape index (κ3) is 3.15. The molecule has 2 unspecified atom stereocenters. The maximum Gasteiger partial charge on any atom is 0.406 e. The minimum Gasteiger partial charge on any atom is -0.303 e. The Hall–Kier alpha value is -0.250. The van der Waals surface area contributed by atoms with Crippen molar-refractivity contribution in [2.24, 2.45) is 11.3 Å². The second kappa shape index (κ2) is 4.79. The first-order valence-corrected chi connectivity index (χ1v) is 6.44. The number of hydrogen-bond donors (Lipinski definition) is 1. The zero-order chi connectivity index (χ0) is 13.3. The Morgan fingerprint density at radius 2 is 1.82 bits per heavy atom. The SMILES string of the molecule is CCCC1(C(F)(F)F)CCC(C(C)(C)C)CN1. The van der Waals surface area contributed by atoms with Crippen LogP contribution in [0.5, 0.6) is 0 Å². The standard InChI is InChI=1S/C13H24F3N/c1-5-7-12(13(14,15)16)8-6-10(9-17-12)11(2,3)4/h10,17H,5-9H2,1-4H3. The van der Waals surface area contributed by atoms with E-state index in [1.807, 2.05) is 6.92 Å². The lowest BCUT2D eigenvalue weighted by Crippen LogP contribution is -2.61. The molecule has 1 aliphatic heterocycles. The van der Waals surface area contributed by atoms with Crippen LogP contribution in [0.15, 0.2) is 0 Å². The van der Waals surface area contributed by atoms with Crippen molar-refractivity contribution in [1.82, 2.24) is 5.32 Å². The summed E-state index contributed by atoms with van der Waals surface area (Å²) in [6, 6.07) is 0. The summed E-state index contributed by atoms with van der Waals surface area (Å²) in [5.74, 6) is 0.329. The van der Waals surface area contributed by atoms with Gasteiger partial charge in [-0.2, -0.15) is 13.2 Å².